The maximum absolute atomic E-state index is 12.0. The van der Waals surface area contributed by atoms with Crippen LogP contribution >= 0.6 is 0 Å². The first-order valence-electron chi connectivity index (χ1n) is 8.85. The summed E-state index contributed by atoms with van der Waals surface area (Å²) in [5.74, 6) is 2.14. The number of ether oxygens (including phenoxy) is 2. The average Bonchev–Trinajstić information content (AvgIpc) is 2.66. The Morgan fingerprint density at radius 1 is 1.24 bits per heavy atom. The van der Waals surface area contributed by atoms with Crippen LogP contribution in [0.1, 0.15) is 24.0 Å². The third kappa shape index (κ3) is 4.99. The van der Waals surface area contributed by atoms with Gasteiger partial charge >= 0.3 is 0 Å². The van der Waals surface area contributed by atoms with Crippen LogP contribution in [0.25, 0.3) is 0 Å². The molecule has 25 heavy (non-hydrogen) atoms. The highest BCUT2D eigenvalue weighted by molar-refractivity contribution is 5.75. The van der Waals surface area contributed by atoms with E-state index in [0.717, 1.165) is 30.8 Å². The highest BCUT2D eigenvalue weighted by Gasteiger charge is 2.20. The SMILES string of the molecule is COc1ccc2c(c1)OCC(CNC(=O)CCCc1ccccc1)C2. The highest BCUT2D eigenvalue weighted by Crippen LogP contribution is 2.30. The summed E-state index contributed by atoms with van der Waals surface area (Å²) in [7, 11) is 1.65. The molecule has 0 bridgehead atoms. The van der Waals surface area contributed by atoms with Crippen molar-refractivity contribution in [2.75, 3.05) is 20.3 Å². The van der Waals surface area contributed by atoms with Gasteiger partial charge in [-0.25, -0.2) is 0 Å². The van der Waals surface area contributed by atoms with E-state index in [4.69, 9.17) is 9.47 Å². The zero-order valence-electron chi connectivity index (χ0n) is 14.7. The van der Waals surface area contributed by atoms with Gasteiger partial charge in [-0.3, -0.25) is 4.79 Å². The van der Waals surface area contributed by atoms with E-state index >= 15 is 0 Å². The molecule has 3 rings (SSSR count). The van der Waals surface area contributed by atoms with Crippen LogP contribution in [0.15, 0.2) is 48.5 Å². The fraction of sp³-hybridized carbons (Fsp3) is 0.381. The normalized spacial score (nSPS) is 15.8. The number of carbonyl (C=O) groups excluding carboxylic acids is 1. The molecule has 2 aromatic rings. The number of benzene rings is 2. The van der Waals surface area contributed by atoms with E-state index in [1.54, 1.807) is 7.11 Å². The fourth-order valence-electron chi connectivity index (χ4n) is 3.12. The standard InChI is InChI=1S/C21H25NO3/c1-24-19-11-10-18-12-17(15-25-20(18)13-19)14-22-21(23)9-5-8-16-6-3-2-4-7-16/h2-4,6-7,10-11,13,17H,5,8-9,12,14-15H2,1H3,(H,22,23). The molecule has 0 aromatic heterocycles. The molecule has 0 spiro atoms. The predicted octanol–water partition coefficient (Wildman–Crippen LogP) is 3.39. The van der Waals surface area contributed by atoms with Gasteiger partial charge in [-0.05, 0) is 36.5 Å². The minimum atomic E-state index is 0.122. The summed E-state index contributed by atoms with van der Waals surface area (Å²) in [4.78, 5) is 12.0. The quantitative estimate of drug-likeness (QED) is 0.841. The van der Waals surface area contributed by atoms with Crippen molar-refractivity contribution in [1.29, 1.82) is 0 Å². The lowest BCUT2D eigenvalue weighted by atomic mass is 9.96. The number of methoxy groups -OCH3 is 1. The summed E-state index contributed by atoms with van der Waals surface area (Å²) >= 11 is 0. The molecular formula is C21H25NO3. The molecule has 4 nitrogen and oxygen atoms in total. The smallest absolute Gasteiger partial charge is 0.220 e. The zero-order chi connectivity index (χ0) is 17.5. The Morgan fingerprint density at radius 3 is 2.88 bits per heavy atom. The van der Waals surface area contributed by atoms with Crippen molar-refractivity contribution in [3.05, 3.63) is 59.7 Å². The van der Waals surface area contributed by atoms with Gasteiger partial charge in [-0.2, -0.15) is 0 Å². The number of rotatable bonds is 7. The van der Waals surface area contributed by atoms with E-state index in [9.17, 15) is 4.79 Å². The summed E-state index contributed by atoms with van der Waals surface area (Å²) in [6, 6.07) is 16.2. The van der Waals surface area contributed by atoms with Crippen molar-refractivity contribution in [2.24, 2.45) is 5.92 Å². The molecule has 1 amide bonds. The lowest BCUT2D eigenvalue weighted by molar-refractivity contribution is -0.121. The Balaban J connectivity index is 1.39. The van der Waals surface area contributed by atoms with Gasteiger partial charge in [0.2, 0.25) is 5.91 Å². The Labute approximate surface area is 149 Å². The molecule has 4 heteroatoms. The first-order valence-corrected chi connectivity index (χ1v) is 8.85. The lowest BCUT2D eigenvalue weighted by Crippen LogP contribution is -2.34. The van der Waals surface area contributed by atoms with Crippen molar-refractivity contribution in [3.63, 3.8) is 0 Å². The topological polar surface area (TPSA) is 47.6 Å². The second-order valence-electron chi connectivity index (χ2n) is 6.50. The molecule has 0 fully saturated rings. The highest BCUT2D eigenvalue weighted by atomic mass is 16.5. The number of fused-ring (bicyclic) bond motifs is 1. The van der Waals surface area contributed by atoms with Crippen LogP contribution in [0.2, 0.25) is 0 Å². The molecule has 1 atom stereocenters. The summed E-state index contributed by atoms with van der Waals surface area (Å²) in [5, 5.41) is 3.05. The van der Waals surface area contributed by atoms with Crippen molar-refractivity contribution >= 4 is 5.91 Å². The van der Waals surface area contributed by atoms with E-state index in [2.05, 4.69) is 17.4 Å². The average molecular weight is 339 g/mol. The van der Waals surface area contributed by atoms with Crippen molar-refractivity contribution in [3.8, 4) is 11.5 Å². The third-order valence-corrected chi connectivity index (χ3v) is 4.56. The maximum Gasteiger partial charge on any atom is 0.220 e. The number of hydrogen-bond acceptors (Lipinski definition) is 3. The Kier molecular flexibility index (Phi) is 5.94. The van der Waals surface area contributed by atoms with Crippen molar-refractivity contribution in [2.45, 2.75) is 25.7 Å². The van der Waals surface area contributed by atoms with Gasteiger partial charge in [-0.1, -0.05) is 36.4 Å². The Morgan fingerprint density at radius 2 is 2.08 bits per heavy atom. The molecular weight excluding hydrogens is 314 g/mol. The van der Waals surface area contributed by atoms with E-state index in [-0.39, 0.29) is 5.91 Å². The van der Waals surface area contributed by atoms with Crippen LogP contribution in [0.5, 0.6) is 11.5 Å². The molecule has 0 aliphatic carbocycles. The van der Waals surface area contributed by atoms with Crippen LogP contribution < -0.4 is 14.8 Å². The molecule has 1 aliphatic rings. The molecule has 1 aliphatic heterocycles. The molecule has 132 valence electrons. The van der Waals surface area contributed by atoms with Crippen LogP contribution in [-0.4, -0.2) is 26.2 Å². The minimum Gasteiger partial charge on any atom is -0.497 e. The first kappa shape index (κ1) is 17.3. The first-order chi connectivity index (χ1) is 12.2. The van der Waals surface area contributed by atoms with Crippen molar-refractivity contribution in [1.82, 2.24) is 5.32 Å². The number of nitrogens with one attached hydrogen (secondary N) is 1. The summed E-state index contributed by atoms with van der Waals surface area (Å²) in [6.45, 7) is 1.29. The van der Waals surface area contributed by atoms with Gasteiger partial charge in [0.15, 0.2) is 0 Å². The van der Waals surface area contributed by atoms with E-state index in [1.807, 2.05) is 36.4 Å². The van der Waals surface area contributed by atoms with Gasteiger partial charge in [0.1, 0.15) is 11.5 Å². The molecule has 2 aromatic carbocycles. The number of hydrogen-bond donors (Lipinski definition) is 1. The molecule has 0 radical (unpaired) electrons. The molecule has 1 N–H and O–H groups in total. The third-order valence-electron chi connectivity index (χ3n) is 4.56. The largest absolute Gasteiger partial charge is 0.497 e. The van der Waals surface area contributed by atoms with Crippen LogP contribution in [-0.2, 0) is 17.6 Å². The van der Waals surface area contributed by atoms with Gasteiger partial charge in [0.05, 0.1) is 13.7 Å². The summed E-state index contributed by atoms with van der Waals surface area (Å²) < 4.78 is 11.0. The van der Waals surface area contributed by atoms with Gasteiger partial charge in [-0.15, -0.1) is 0 Å². The van der Waals surface area contributed by atoms with Crippen LogP contribution in [0, 0.1) is 5.92 Å². The fourth-order valence-corrected chi connectivity index (χ4v) is 3.12. The summed E-state index contributed by atoms with van der Waals surface area (Å²) in [6.07, 6.45) is 3.30. The second kappa shape index (κ2) is 8.56. The number of carbonyl (C=O) groups is 1. The van der Waals surface area contributed by atoms with Crippen LogP contribution in [0.4, 0.5) is 0 Å². The second-order valence-corrected chi connectivity index (χ2v) is 6.50. The van der Waals surface area contributed by atoms with Gasteiger partial charge in [0, 0.05) is 24.9 Å². The van der Waals surface area contributed by atoms with Crippen LogP contribution in [0.3, 0.4) is 0 Å². The lowest BCUT2D eigenvalue weighted by Gasteiger charge is -2.25. The van der Waals surface area contributed by atoms with Gasteiger partial charge in [0.25, 0.3) is 0 Å². The monoisotopic (exact) mass is 339 g/mol. The van der Waals surface area contributed by atoms with Crippen molar-refractivity contribution < 1.29 is 14.3 Å². The van der Waals surface area contributed by atoms with Gasteiger partial charge < -0.3 is 14.8 Å². The minimum absolute atomic E-state index is 0.122. The zero-order valence-corrected chi connectivity index (χ0v) is 14.7. The molecule has 0 saturated carbocycles. The number of aryl methyl sites for hydroxylation is 1. The molecule has 1 unspecified atom stereocenters. The Hall–Kier alpha value is -2.49. The van der Waals surface area contributed by atoms with E-state index < -0.39 is 0 Å². The maximum atomic E-state index is 12.0. The summed E-state index contributed by atoms with van der Waals surface area (Å²) in [5.41, 5.74) is 2.46. The van der Waals surface area contributed by atoms with E-state index in [0.29, 0.717) is 25.5 Å². The number of amides is 1. The molecule has 0 saturated heterocycles. The van der Waals surface area contributed by atoms with E-state index in [1.165, 1.54) is 11.1 Å². The predicted molar refractivity (Wildman–Crippen MR) is 98.1 cm³/mol. The Bertz CT molecular complexity index is 700. The molecule has 1 heterocycles.